The average molecular weight is 918 g/mol. The lowest BCUT2D eigenvalue weighted by Gasteiger charge is -2.50. The molecule has 1 aromatic heterocycles. The number of halogens is 6. The minimum atomic E-state index is -4.75. The van der Waals surface area contributed by atoms with E-state index < -0.39 is 69.5 Å². The summed E-state index contributed by atoms with van der Waals surface area (Å²) in [5.41, 5.74) is 1.68. The van der Waals surface area contributed by atoms with E-state index in [9.17, 15) is 32.7 Å². The van der Waals surface area contributed by atoms with Gasteiger partial charge in [-0.2, -0.15) is 18.2 Å². The number of allylic oxidation sites excluding steroid dienone is 2. The molecule has 288 valence electrons. The van der Waals surface area contributed by atoms with Crippen molar-refractivity contribution in [3.63, 3.8) is 0 Å². The fraction of sp³-hybridized carbons (Fsp3) is 0.275. The van der Waals surface area contributed by atoms with E-state index in [-0.39, 0.29) is 42.7 Å². The highest BCUT2D eigenvalue weighted by molar-refractivity contribution is 14.1. The molecule has 3 aromatic carbocycles. The number of hydrazine groups is 1. The molecule has 0 spiro atoms. The molecule has 0 bridgehead atoms. The molecule has 10 nitrogen and oxygen atoms in total. The van der Waals surface area contributed by atoms with Gasteiger partial charge in [0.2, 0.25) is 11.8 Å². The molecule has 2 saturated heterocycles. The van der Waals surface area contributed by atoms with E-state index >= 15 is 4.79 Å². The number of benzene rings is 3. The fourth-order valence-corrected chi connectivity index (χ4v) is 9.68. The molecule has 16 heteroatoms. The molecule has 4 aromatic rings. The monoisotopic (exact) mass is 916 g/mol. The number of pyridine rings is 1. The molecular formula is C40H30Cl2F3IN4O6. The van der Waals surface area contributed by atoms with Crippen LogP contribution in [0, 0.1) is 27.2 Å². The Kier molecular flexibility index (Phi) is 9.60. The van der Waals surface area contributed by atoms with Crippen LogP contribution in [0.1, 0.15) is 42.4 Å². The number of anilines is 2. The molecule has 56 heavy (non-hydrogen) atoms. The van der Waals surface area contributed by atoms with E-state index in [1.165, 1.54) is 11.0 Å². The highest BCUT2D eigenvalue weighted by atomic mass is 127. The highest BCUT2D eigenvalue weighted by Gasteiger charge is 2.70. The minimum Gasteiger partial charge on any atom is -0.504 e. The Morgan fingerprint density at radius 2 is 1.68 bits per heavy atom. The average Bonchev–Trinajstić information content (AvgIpc) is 3.54. The zero-order chi connectivity index (χ0) is 39.8. The fourth-order valence-electron chi connectivity index (χ4n) is 8.98. The predicted octanol–water partition coefficient (Wildman–Crippen LogP) is 8.31. The summed E-state index contributed by atoms with van der Waals surface area (Å²) in [6, 6.07) is 18.7. The van der Waals surface area contributed by atoms with E-state index in [2.05, 4.69) is 33.0 Å². The number of phenolic OH excluding ortho intramolecular Hbond substituents is 1. The van der Waals surface area contributed by atoms with Crippen molar-refractivity contribution in [1.29, 1.82) is 0 Å². The van der Waals surface area contributed by atoms with Crippen molar-refractivity contribution >= 4 is 80.9 Å². The second kappa shape index (κ2) is 14.1. The first kappa shape index (κ1) is 38.2. The molecule has 2 aliphatic carbocycles. The van der Waals surface area contributed by atoms with Crippen LogP contribution >= 0.6 is 45.8 Å². The van der Waals surface area contributed by atoms with Crippen LogP contribution in [-0.2, 0) is 30.8 Å². The van der Waals surface area contributed by atoms with Crippen molar-refractivity contribution in [3.05, 3.63) is 121 Å². The Bertz CT molecular complexity index is 2340. The largest absolute Gasteiger partial charge is 0.504 e. The van der Waals surface area contributed by atoms with Gasteiger partial charge in [-0.25, -0.2) is 4.98 Å². The van der Waals surface area contributed by atoms with Crippen LogP contribution in [0.3, 0.4) is 0 Å². The smallest absolute Gasteiger partial charge is 0.417 e. The van der Waals surface area contributed by atoms with E-state index in [1.54, 1.807) is 67.6 Å². The quantitative estimate of drug-likeness (QED) is 0.108. The normalized spacial score (nSPS) is 25.8. The molecule has 0 radical (unpaired) electrons. The number of ether oxygens (including phenoxy) is 1. The summed E-state index contributed by atoms with van der Waals surface area (Å²) in [5.74, 6) is -7.23. The topological polar surface area (TPSA) is 129 Å². The van der Waals surface area contributed by atoms with Gasteiger partial charge in [0.15, 0.2) is 17.3 Å². The van der Waals surface area contributed by atoms with E-state index in [0.29, 0.717) is 39.7 Å². The van der Waals surface area contributed by atoms with Crippen LogP contribution in [0.15, 0.2) is 90.6 Å². The molecule has 2 aliphatic heterocycles. The zero-order valence-electron chi connectivity index (χ0n) is 29.2. The summed E-state index contributed by atoms with van der Waals surface area (Å²) in [4.78, 5) is 63.8. The number of nitrogens with zero attached hydrogens (tertiary/aromatic N) is 3. The first-order valence-corrected chi connectivity index (χ1v) is 19.4. The van der Waals surface area contributed by atoms with Gasteiger partial charge >= 0.3 is 6.18 Å². The van der Waals surface area contributed by atoms with Crippen molar-refractivity contribution in [3.8, 4) is 11.5 Å². The summed E-state index contributed by atoms with van der Waals surface area (Å²) >= 11 is 14.7. The number of hydrogen-bond donors (Lipinski definition) is 2. The van der Waals surface area contributed by atoms with Crippen molar-refractivity contribution in [1.82, 2.24) is 9.99 Å². The van der Waals surface area contributed by atoms with Crippen LogP contribution in [-0.4, -0.2) is 45.3 Å². The van der Waals surface area contributed by atoms with Gasteiger partial charge in [0, 0.05) is 20.7 Å². The molecular weight excluding hydrogens is 887 g/mol. The Morgan fingerprint density at radius 1 is 0.964 bits per heavy atom. The third-order valence-electron chi connectivity index (χ3n) is 11.3. The number of imide groups is 2. The number of alkyl halides is 3. The van der Waals surface area contributed by atoms with Gasteiger partial charge in [0.1, 0.15) is 0 Å². The van der Waals surface area contributed by atoms with Gasteiger partial charge in [0.05, 0.1) is 46.0 Å². The van der Waals surface area contributed by atoms with Crippen molar-refractivity contribution in [2.75, 3.05) is 16.9 Å². The second-order valence-corrected chi connectivity index (χ2v) is 16.2. The molecule has 3 heterocycles. The first-order chi connectivity index (χ1) is 26.7. The molecule has 1 saturated carbocycles. The van der Waals surface area contributed by atoms with Crippen LogP contribution < -0.4 is 15.1 Å². The van der Waals surface area contributed by atoms with Gasteiger partial charge < -0.3 is 9.84 Å². The molecule has 6 atom stereocenters. The predicted molar refractivity (Wildman–Crippen MR) is 208 cm³/mol. The third-order valence-corrected chi connectivity index (χ3v) is 12.5. The second-order valence-electron chi connectivity index (χ2n) is 14.1. The number of nitrogens with one attached hydrogen (secondary N) is 1. The molecule has 4 aliphatic rings. The van der Waals surface area contributed by atoms with Gasteiger partial charge in [0.25, 0.3) is 11.8 Å². The molecule has 2 N–H and O–H groups in total. The Morgan fingerprint density at radius 3 is 2.34 bits per heavy atom. The number of phenols is 1. The van der Waals surface area contributed by atoms with Gasteiger partial charge in [-0.05, 0) is 114 Å². The van der Waals surface area contributed by atoms with E-state index in [0.717, 1.165) is 8.58 Å². The lowest BCUT2D eigenvalue weighted by Crippen LogP contribution is -2.53. The lowest BCUT2D eigenvalue weighted by atomic mass is 9.49. The molecule has 4 amide bonds. The molecule has 3 fully saturated rings. The number of fused-ring (bicyclic) bond motifs is 4. The van der Waals surface area contributed by atoms with E-state index in [4.69, 9.17) is 27.9 Å². The van der Waals surface area contributed by atoms with E-state index in [1.807, 2.05) is 6.08 Å². The van der Waals surface area contributed by atoms with Crippen molar-refractivity contribution < 1.29 is 42.2 Å². The number of carbonyl (C=O) groups is 4. The highest BCUT2D eigenvalue weighted by Crippen LogP contribution is 2.64. The number of rotatable bonds is 7. The third kappa shape index (κ3) is 5.94. The SMILES string of the molecule is CCOc1cc([C@H]2C3=CC[C@@H]4C(=O)N(c5ccc(I)cc5)C(=O)[C@@H]4[C@@H]3C[C@H]3C(=O)N(Nc4ncc(C(F)(F)F)cc4Cl)C(=O)[C@@]23c2ccc(Cl)cc2)ccc1O. The minimum absolute atomic E-state index is 0.0427. The summed E-state index contributed by atoms with van der Waals surface area (Å²) in [7, 11) is 0. The number of amides is 4. The number of hydrogen-bond acceptors (Lipinski definition) is 8. The van der Waals surface area contributed by atoms with Crippen LogP contribution in [0.2, 0.25) is 10.0 Å². The van der Waals surface area contributed by atoms with Crippen molar-refractivity contribution in [2.45, 2.75) is 37.3 Å². The summed E-state index contributed by atoms with van der Waals surface area (Å²) < 4.78 is 47.2. The zero-order valence-corrected chi connectivity index (χ0v) is 32.9. The number of aromatic hydroxyl groups is 1. The number of carbonyl (C=O) groups excluding carboxylic acids is 4. The summed E-state index contributed by atoms with van der Waals surface area (Å²) in [6.45, 7) is 1.94. The maximum Gasteiger partial charge on any atom is 0.417 e. The standard InChI is InChI=1S/C40H30Cl2F3IN4O6/c1-2-56-31-15-19(3-14-30(31)51)33-25-12-13-26-32(37(54)49(35(26)52)24-10-8-23(46)9-11-24)27(25)17-28-36(53)50(38(55)39(28,33)20-4-6-22(41)7-5-20)48-34-29(42)16-21(18-47-34)40(43,44)45/h3-12,14-16,18,26-28,32-33,51H,2,13,17H2,1H3,(H,47,48)/t26-,27+,28-,32-,33-,39+/m0/s1. The Labute approximate surface area is 341 Å². The van der Waals surface area contributed by atoms with Crippen LogP contribution in [0.5, 0.6) is 11.5 Å². The van der Waals surface area contributed by atoms with Gasteiger partial charge in [-0.1, -0.05) is 53.1 Å². The Hall–Kier alpha value is -4.67. The maximum atomic E-state index is 15.4. The van der Waals surface area contributed by atoms with Gasteiger partial charge in [-0.3, -0.25) is 29.5 Å². The van der Waals surface area contributed by atoms with Gasteiger partial charge in [-0.15, -0.1) is 0 Å². The molecule has 8 rings (SSSR count). The Balaban J connectivity index is 1.32. The summed E-state index contributed by atoms with van der Waals surface area (Å²) in [5, 5.41) is 11.4. The first-order valence-electron chi connectivity index (χ1n) is 17.6. The maximum absolute atomic E-state index is 15.4. The van der Waals surface area contributed by atoms with Crippen LogP contribution in [0.4, 0.5) is 24.7 Å². The lowest BCUT2D eigenvalue weighted by molar-refractivity contribution is -0.139. The van der Waals surface area contributed by atoms with Crippen molar-refractivity contribution in [2.24, 2.45) is 23.7 Å². The van der Waals surface area contributed by atoms with Crippen LogP contribution in [0.25, 0.3) is 0 Å². The molecule has 0 unspecified atom stereocenters. The number of aromatic nitrogens is 1. The summed E-state index contributed by atoms with van der Waals surface area (Å²) in [6.07, 6.45) is -2.21.